The molecule has 0 radical (unpaired) electrons. The molecular weight excluding hydrogens is 266 g/mol. The summed E-state index contributed by atoms with van der Waals surface area (Å²) in [7, 11) is 0. The van der Waals surface area contributed by atoms with E-state index < -0.39 is 0 Å². The molecule has 1 fully saturated rings. The molecule has 2 aromatic rings. The largest absolute Gasteiger partial charge is 0.396 e. The maximum Gasteiger partial charge on any atom is 0.160 e. The van der Waals surface area contributed by atoms with E-state index in [1.165, 1.54) is 0 Å². The van der Waals surface area contributed by atoms with Gasteiger partial charge >= 0.3 is 0 Å². The van der Waals surface area contributed by atoms with Crippen molar-refractivity contribution in [3.63, 3.8) is 0 Å². The molecule has 1 aliphatic rings. The van der Waals surface area contributed by atoms with Gasteiger partial charge in [-0.1, -0.05) is 13.8 Å². The summed E-state index contributed by atoms with van der Waals surface area (Å²) in [5, 5.41) is 18.3. The van der Waals surface area contributed by atoms with Crippen molar-refractivity contribution in [3.05, 3.63) is 30.9 Å². The van der Waals surface area contributed by atoms with Crippen molar-refractivity contribution in [2.45, 2.75) is 20.3 Å². The van der Waals surface area contributed by atoms with Crippen molar-refractivity contribution >= 4 is 5.82 Å². The summed E-state index contributed by atoms with van der Waals surface area (Å²) < 4.78 is 1.83. The Labute approximate surface area is 124 Å². The summed E-state index contributed by atoms with van der Waals surface area (Å²) in [5.41, 5.74) is -0.0231. The third-order valence-electron chi connectivity index (χ3n) is 4.65. The zero-order chi connectivity index (χ0) is 14.9. The van der Waals surface area contributed by atoms with Gasteiger partial charge < -0.3 is 10.0 Å². The third-order valence-corrected chi connectivity index (χ3v) is 4.65. The lowest BCUT2D eigenvalue weighted by Gasteiger charge is -2.31. The second-order valence-electron chi connectivity index (χ2n) is 6.07. The van der Waals surface area contributed by atoms with Crippen molar-refractivity contribution in [3.8, 4) is 5.82 Å². The first-order valence-electron chi connectivity index (χ1n) is 7.32. The molecule has 0 amide bonds. The zero-order valence-electron chi connectivity index (χ0n) is 12.5. The molecule has 0 aliphatic carbocycles. The Bertz CT molecular complexity index is 581. The minimum absolute atomic E-state index is 0.0231. The molecular formula is C15H21N5O. The van der Waals surface area contributed by atoms with E-state index in [1.54, 1.807) is 12.5 Å². The maximum atomic E-state index is 9.75. The first kappa shape index (κ1) is 14.0. The van der Waals surface area contributed by atoms with Crippen molar-refractivity contribution in [1.82, 2.24) is 19.7 Å². The van der Waals surface area contributed by atoms with Gasteiger partial charge in [-0.25, -0.2) is 4.98 Å². The lowest BCUT2D eigenvalue weighted by atomic mass is 9.77. The number of aliphatic hydroxyl groups excluding tert-OH is 1. The number of nitrogens with zero attached hydrogens (tertiary/aromatic N) is 5. The number of rotatable bonds is 4. The molecule has 21 heavy (non-hydrogen) atoms. The normalized spacial score (nSPS) is 22.2. The van der Waals surface area contributed by atoms with Crippen LogP contribution >= 0.6 is 0 Å². The van der Waals surface area contributed by atoms with Crippen LogP contribution in [0.1, 0.15) is 20.3 Å². The number of anilines is 1. The minimum atomic E-state index is -0.0231. The Kier molecular flexibility index (Phi) is 3.63. The standard InChI is InChI=1S/C15H21N5O/c1-12(2)15(10-21)5-7-19(9-15)13-3-4-14(18-17-13)20-8-6-16-11-20/h3-4,6,8,11-12,21H,5,7,9-10H2,1-2H3. The fraction of sp³-hybridized carbons (Fsp3) is 0.533. The number of aromatic nitrogens is 4. The lowest BCUT2D eigenvalue weighted by molar-refractivity contribution is 0.0975. The molecule has 1 aliphatic heterocycles. The van der Waals surface area contributed by atoms with E-state index in [-0.39, 0.29) is 12.0 Å². The van der Waals surface area contributed by atoms with E-state index in [1.807, 2.05) is 22.9 Å². The average molecular weight is 287 g/mol. The molecule has 3 rings (SSSR count). The van der Waals surface area contributed by atoms with Gasteiger partial charge in [0.1, 0.15) is 6.33 Å². The second kappa shape index (κ2) is 5.44. The predicted molar refractivity (Wildman–Crippen MR) is 80.3 cm³/mol. The van der Waals surface area contributed by atoms with E-state index in [4.69, 9.17) is 0 Å². The van der Waals surface area contributed by atoms with Gasteiger partial charge in [0.2, 0.25) is 0 Å². The molecule has 3 heterocycles. The summed E-state index contributed by atoms with van der Waals surface area (Å²) in [6.07, 6.45) is 6.25. The smallest absolute Gasteiger partial charge is 0.160 e. The van der Waals surface area contributed by atoms with Crippen molar-refractivity contribution in [2.24, 2.45) is 11.3 Å². The van der Waals surface area contributed by atoms with Crippen LogP contribution in [0, 0.1) is 11.3 Å². The van der Waals surface area contributed by atoms with Crippen LogP contribution in [-0.4, -0.2) is 44.6 Å². The molecule has 0 spiro atoms. The van der Waals surface area contributed by atoms with Crippen LogP contribution in [0.25, 0.3) is 5.82 Å². The topological polar surface area (TPSA) is 67.1 Å². The van der Waals surface area contributed by atoms with Gasteiger partial charge in [0.25, 0.3) is 0 Å². The third kappa shape index (κ3) is 2.51. The summed E-state index contributed by atoms with van der Waals surface area (Å²) in [6, 6.07) is 3.93. The van der Waals surface area contributed by atoms with E-state index in [2.05, 4.69) is 33.9 Å². The van der Waals surface area contributed by atoms with Gasteiger partial charge in [-0.2, -0.15) is 0 Å². The van der Waals surface area contributed by atoms with E-state index >= 15 is 0 Å². The highest BCUT2D eigenvalue weighted by molar-refractivity contribution is 5.41. The van der Waals surface area contributed by atoms with Crippen LogP contribution in [0.3, 0.4) is 0 Å². The van der Waals surface area contributed by atoms with E-state index in [0.717, 1.165) is 31.1 Å². The molecule has 0 bridgehead atoms. The molecule has 1 saturated heterocycles. The highest BCUT2D eigenvalue weighted by Crippen LogP contribution is 2.38. The summed E-state index contributed by atoms with van der Waals surface area (Å²) >= 11 is 0. The van der Waals surface area contributed by atoms with Gasteiger partial charge in [-0.15, -0.1) is 10.2 Å². The quantitative estimate of drug-likeness (QED) is 0.923. The Morgan fingerprint density at radius 3 is 2.57 bits per heavy atom. The van der Waals surface area contributed by atoms with Crippen LogP contribution < -0.4 is 4.90 Å². The lowest BCUT2D eigenvalue weighted by Crippen LogP contribution is -2.35. The van der Waals surface area contributed by atoms with Gasteiger partial charge in [-0.05, 0) is 24.5 Å². The van der Waals surface area contributed by atoms with E-state index in [0.29, 0.717) is 5.92 Å². The minimum Gasteiger partial charge on any atom is -0.396 e. The Balaban J connectivity index is 1.77. The highest BCUT2D eigenvalue weighted by Gasteiger charge is 2.40. The van der Waals surface area contributed by atoms with Gasteiger partial charge in [0, 0.05) is 30.9 Å². The second-order valence-corrected chi connectivity index (χ2v) is 6.07. The summed E-state index contributed by atoms with van der Waals surface area (Å²) in [6.45, 7) is 6.32. The summed E-state index contributed by atoms with van der Waals surface area (Å²) in [4.78, 5) is 6.21. The predicted octanol–water partition coefficient (Wildman–Crippen LogP) is 1.51. The Morgan fingerprint density at radius 2 is 2.05 bits per heavy atom. The number of imidazole rings is 1. The molecule has 6 heteroatoms. The molecule has 6 nitrogen and oxygen atoms in total. The first-order valence-corrected chi connectivity index (χ1v) is 7.32. The highest BCUT2D eigenvalue weighted by atomic mass is 16.3. The van der Waals surface area contributed by atoms with Crippen LogP contribution in [0.5, 0.6) is 0 Å². The molecule has 2 aromatic heterocycles. The molecule has 112 valence electrons. The van der Waals surface area contributed by atoms with Gasteiger partial charge in [0.05, 0.1) is 6.61 Å². The van der Waals surface area contributed by atoms with E-state index in [9.17, 15) is 5.11 Å². The monoisotopic (exact) mass is 287 g/mol. The Morgan fingerprint density at radius 1 is 1.29 bits per heavy atom. The fourth-order valence-electron chi connectivity index (χ4n) is 2.89. The molecule has 1 N–H and O–H groups in total. The zero-order valence-corrected chi connectivity index (χ0v) is 12.5. The number of hydrogen-bond acceptors (Lipinski definition) is 5. The molecule has 1 unspecified atom stereocenters. The Hall–Kier alpha value is -1.95. The fourth-order valence-corrected chi connectivity index (χ4v) is 2.89. The van der Waals surface area contributed by atoms with Gasteiger partial charge in [-0.3, -0.25) is 4.57 Å². The molecule has 0 saturated carbocycles. The maximum absolute atomic E-state index is 9.75. The number of aliphatic hydroxyl groups is 1. The van der Waals surface area contributed by atoms with Crippen molar-refractivity contribution in [1.29, 1.82) is 0 Å². The van der Waals surface area contributed by atoms with Crippen LogP contribution in [0.4, 0.5) is 5.82 Å². The van der Waals surface area contributed by atoms with Gasteiger partial charge in [0.15, 0.2) is 11.6 Å². The first-order chi connectivity index (χ1) is 10.1. The average Bonchev–Trinajstić information content (AvgIpc) is 3.18. The SMILES string of the molecule is CC(C)C1(CO)CCN(c2ccc(-n3ccnc3)nn2)C1. The van der Waals surface area contributed by atoms with Crippen LogP contribution in [0.15, 0.2) is 30.9 Å². The van der Waals surface area contributed by atoms with Crippen molar-refractivity contribution in [2.75, 3.05) is 24.6 Å². The van der Waals surface area contributed by atoms with Crippen LogP contribution in [-0.2, 0) is 0 Å². The van der Waals surface area contributed by atoms with Crippen LogP contribution in [0.2, 0.25) is 0 Å². The summed E-state index contributed by atoms with van der Waals surface area (Å²) in [5.74, 6) is 2.08. The molecule has 1 atom stereocenters. The number of hydrogen-bond donors (Lipinski definition) is 1. The van der Waals surface area contributed by atoms with Crippen molar-refractivity contribution < 1.29 is 5.11 Å². The molecule has 0 aromatic carbocycles.